The third kappa shape index (κ3) is 4.52. The van der Waals surface area contributed by atoms with Gasteiger partial charge in [0.15, 0.2) is 11.5 Å². The van der Waals surface area contributed by atoms with E-state index >= 15 is 0 Å². The number of fused-ring (bicyclic) bond motifs is 2. The molecule has 0 unspecified atom stereocenters. The van der Waals surface area contributed by atoms with Crippen molar-refractivity contribution in [2.45, 2.75) is 25.7 Å². The number of hydrogen-bond donors (Lipinski definition) is 2. The lowest BCUT2D eigenvalue weighted by Crippen LogP contribution is -2.41. The van der Waals surface area contributed by atoms with Crippen molar-refractivity contribution in [1.82, 2.24) is 14.9 Å². The Morgan fingerprint density at radius 1 is 1.09 bits per heavy atom. The van der Waals surface area contributed by atoms with Gasteiger partial charge in [-0.1, -0.05) is 12.1 Å². The van der Waals surface area contributed by atoms with Crippen LogP contribution in [-0.4, -0.2) is 46.6 Å². The van der Waals surface area contributed by atoms with Gasteiger partial charge in [0, 0.05) is 43.6 Å². The zero-order chi connectivity index (χ0) is 22.8. The first kappa shape index (κ1) is 21.0. The van der Waals surface area contributed by atoms with Crippen LogP contribution in [0, 0.1) is 5.92 Å². The molecule has 2 aromatic carbocycles. The number of anilines is 1. The highest BCUT2D eigenvalue weighted by atomic mass is 16.7. The number of amides is 2. The Morgan fingerprint density at radius 3 is 2.73 bits per heavy atom. The number of nitrogens with zero attached hydrogens (tertiary/aromatic N) is 2. The number of H-pyrrole nitrogens is 1. The minimum absolute atomic E-state index is 0.000404. The highest BCUT2D eigenvalue weighted by Gasteiger charge is 2.27. The summed E-state index contributed by atoms with van der Waals surface area (Å²) in [4.78, 5) is 46.5. The summed E-state index contributed by atoms with van der Waals surface area (Å²) in [5.74, 6) is 1.58. The number of ether oxygens (including phenoxy) is 2. The van der Waals surface area contributed by atoms with E-state index in [0.29, 0.717) is 66.3 Å². The SMILES string of the molecule is O=C(Nc1ccc2c(c1)OCO2)C1CCN(C(=O)CCc2nc3ccccc3c(=O)[nH]2)CC1. The summed E-state index contributed by atoms with van der Waals surface area (Å²) in [5.41, 5.74) is 1.09. The molecule has 9 heteroatoms. The maximum absolute atomic E-state index is 12.7. The van der Waals surface area contributed by atoms with Crippen LogP contribution in [0.4, 0.5) is 5.69 Å². The molecule has 2 N–H and O–H groups in total. The molecule has 0 atom stereocenters. The van der Waals surface area contributed by atoms with Crippen LogP contribution in [0.15, 0.2) is 47.3 Å². The van der Waals surface area contributed by atoms with Crippen molar-refractivity contribution in [3.05, 3.63) is 58.6 Å². The normalized spacial score (nSPS) is 15.6. The van der Waals surface area contributed by atoms with E-state index in [4.69, 9.17) is 9.47 Å². The molecule has 3 heterocycles. The average Bonchev–Trinajstić information content (AvgIpc) is 3.30. The molecule has 2 aliphatic heterocycles. The summed E-state index contributed by atoms with van der Waals surface area (Å²) in [7, 11) is 0. The summed E-state index contributed by atoms with van der Waals surface area (Å²) in [6, 6.07) is 12.5. The predicted octanol–water partition coefficient (Wildman–Crippen LogP) is 2.46. The number of para-hydroxylation sites is 1. The first-order chi connectivity index (χ1) is 16.1. The Morgan fingerprint density at radius 2 is 1.88 bits per heavy atom. The van der Waals surface area contributed by atoms with Crippen LogP contribution in [0.2, 0.25) is 0 Å². The fraction of sp³-hybridized carbons (Fsp3) is 0.333. The number of likely N-dealkylation sites (tertiary alicyclic amines) is 1. The topological polar surface area (TPSA) is 114 Å². The second-order valence-corrected chi connectivity index (χ2v) is 8.24. The molecular weight excluding hydrogens is 424 g/mol. The van der Waals surface area contributed by atoms with Crippen molar-refractivity contribution in [3.63, 3.8) is 0 Å². The second kappa shape index (κ2) is 8.93. The number of piperidine rings is 1. The number of aromatic nitrogens is 2. The quantitative estimate of drug-likeness (QED) is 0.620. The Labute approximate surface area is 189 Å². The Balaban J connectivity index is 1.12. The number of nitrogens with one attached hydrogen (secondary N) is 2. The monoisotopic (exact) mass is 448 g/mol. The van der Waals surface area contributed by atoms with Gasteiger partial charge in [0.25, 0.3) is 5.56 Å². The molecule has 1 fully saturated rings. The van der Waals surface area contributed by atoms with Crippen molar-refractivity contribution in [2.75, 3.05) is 25.2 Å². The fourth-order valence-corrected chi connectivity index (χ4v) is 4.25. The first-order valence-electron chi connectivity index (χ1n) is 11.0. The van der Waals surface area contributed by atoms with Crippen LogP contribution in [0.3, 0.4) is 0 Å². The fourth-order valence-electron chi connectivity index (χ4n) is 4.25. The number of carbonyl (C=O) groups excluding carboxylic acids is 2. The Hall–Kier alpha value is -3.88. The number of aromatic amines is 1. The molecule has 2 aliphatic rings. The van der Waals surface area contributed by atoms with Gasteiger partial charge in [-0.15, -0.1) is 0 Å². The van der Waals surface area contributed by atoms with E-state index in [2.05, 4.69) is 15.3 Å². The molecule has 0 aliphatic carbocycles. The molecule has 0 bridgehead atoms. The van der Waals surface area contributed by atoms with Crippen molar-refractivity contribution in [2.24, 2.45) is 5.92 Å². The molecular formula is C24H24N4O5. The first-order valence-corrected chi connectivity index (χ1v) is 11.0. The maximum Gasteiger partial charge on any atom is 0.258 e. The lowest BCUT2D eigenvalue weighted by molar-refractivity contribution is -0.134. The third-order valence-electron chi connectivity index (χ3n) is 6.10. The van der Waals surface area contributed by atoms with E-state index in [1.807, 2.05) is 6.07 Å². The van der Waals surface area contributed by atoms with E-state index in [0.717, 1.165) is 0 Å². The molecule has 0 spiro atoms. The molecule has 3 aromatic rings. The molecule has 1 saturated heterocycles. The average molecular weight is 448 g/mol. The van der Waals surface area contributed by atoms with Crippen LogP contribution >= 0.6 is 0 Å². The van der Waals surface area contributed by atoms with Crippen molar-refractivity contribution in [1.29, 1.82) is 0 Å². The van der Waals surface area contributed by atoms with E-state index in [1.165, 1.54) is 0 Å². The van der Waals surface area contributed by atoms with Gasteiger partial charge in [0.1, 0.15) is 5.82 Å². The van der Waals surface area contributed by atoms with E-state index in [-0.39, 0.29) is 36.5 Å². The lowest BCUT2D eigenvalue weighted by Gasteiger charge is -2.31. The summed E-state index contributed by atoms with van der Waals surface area (Å²) in [6.07, 6.45) is 1.83. The maximum atomic E-state index is 12.7. The summed E-state index contributed by atoms with van der Waals surface area (Å²) in [6.45, 7) is 1.24. The molecule has 5 rings (SSSR count). The Bertz CT molecular complexity index is 1260. The minimum Gasteiger partial charge on any atom is -0.454 e. The van der Waals surface area contributed by atoms with Crippen molar-refractivity contribution < 1.29 is 19.1 Å². The number of carbonyl (C=O) groups is 2. The third-order valence-corrected chi connectivity index (χ3v) is 6.10. The number of hydrogen-bond acceptors (Lipinski definition) is 6. The van der Waals surface area contributed by atoms with Crippen LogP contribution < -0.4 is 20.3 Å². The van der Waals surface area contributed by atoms with E-state index in [1.54, 1.807) is 41.3 Å². The van der Waals surface area contributed by atoms with Crippen LogP contribution in [0.25, 0.3) is 10.9 Å². The molecule has 2 amide bonds. The number of rotatable bonds is 5. The van der Waals surface area contributed by atoms with Gasteiger partial charge in [0.2, 0.25) is 18.6 Å². The van der Waals surface area contributed by atoms with Gasteiger partial charge in [-0.3, -0.25) is 14.4 Å². The van der Waals surface area contributed by atoms with Crippen molar-refractivity contribution >= 4 is 28.4 Å². The largest absolute Gasteiger partial charge is 0.454 e. The van der Waals surface area contributed by atoms with E-state index < -0.39 is 0 Å². The predicted molar refractivity (Wildman–Crippen MR) is 121 cm³/mol. The molecule has 0 saturated carbocycles. The Kier molecular flexibility index (Phi) is 5.68. The summed E-state index contributed by atoms with van der Waals surface area (Å²) >= 11 is 0. The molecule has 9 nitrogen and oxygen atoms in total. The molecule has 170 valence electrons. The zero-order valence-electron chi connectivity index (χ0n) is 18.0. The standard InChI is InChI=1S/C24H24N4O5/c29-22(8-7-21-26-18-4-2-1-3-17(18)24(31)27-21)28-11-9-15(10-12-28)23(30)25-16-5-6-19-20(13-16)33-14-32-19/h1-6,13,15H,7-12,14H2,(H,25,30)(H,26,27,31). The van der Waals surface area contributed by atoms with Crippen molar-refractivity contribution in [3.8, 4) is 11.5 Å². The van der Waals surface area contributed by atoms with Gasteiger partial charge >= 0.3 is 0 Å². The highest BCUT2D eigenvalue weighted by Crippen LogP contribution is 2.34. The number of aryl methyl sites for hydroxylation is 1. The molecule has 33 heavy (non-hydrogen) atoms. The smallest absolute Gasteiger partial charge is 0.258 e. The highest BCUT2D eigenvalue weighted by molar-refractivity contribution is 5.93. The van der Waals surface area contributed by atoms with Crippen LogP contribution in [0.5, 0.6) is 11.5 Å². The zero-order valence-corrected chi connectivity index (χ0v) is 18.0. The van der Waals surface area contributed by atoms with Crippen LogP contribution in [-0.2, 0) is 16.0 Å². The summed E-state index contributed by atoms with van der Waals surface area (Å²) in [5, 5.41) is 3.47. The molecule has 1 aromatic heterocycles. The molecule has 0 radical (unpaired) electrons. The number of benzene rings is 2. The van der Waals surface area contributed by atoms with Gasteiger partial charge in [0.05, 0.1) is 10.9 Å². The van der Waals surface area contributed by atoms with Gasteiger partial charge in [-0.25, -0.2) is 4.98 Å². The minimum atomic E-state index is -0.197. The van der Waals surface area contributed by atoms with E-state index in [9.17, 15) is 14.4 Å². The van der Waals surface area contributed by atoms with Gasteiger partial charge in [-0.2, -0.15) is 0 Å². The lowest BCUT2D eigenvalue weighted by atomic mass is 9.95. The van der Waals surface area contributed by atoms with Gasteiger partial charge < -0.3 is 24.7 Å². The van der Waals surface area contributed by atoms with Gasteiger partial charge in [-0.05, 0) is 37.1 Å². The summed E-state index contributed by atoms with van der Waals surface area (Å²) < 4.78 is 10.6. The second-order valence-electron chi connectivity index (χ2n) is 8.24. The van der Waals surface area contributed by atoms with Crippen LogP contribution in [0.1, 0.15) is 25.1 Å².